The number of hydrogen-bond acceptors (Lipinski definition) is 3. The number of benzene rings is 1. The highest BCUT2D eigenvalue weighted by atomic mass is 19.4. The highest BCUT2D eigenvalue weighted by Crippen LogP contribution is 2.33. The number of unbranched alkanes of at least 4 members (excludes halogenated alkanes) is 1. The van der Waals surface area contributed by atoms with Crippen molar-refractivity contribution < 1.29 is 17.9 Å². The zero-order valence-electron chi connectivity index (χ0n) is 8.92. The van der Waals surface area contributed by atoms with E-state index in [1.165, 1.54) is 6.07 Å². The minimum atomic E-state index is -4.41. The van der Waals surface area contributed by atoms with Crippen molar-refractivity contribution >= 4 is 5.69 Å². The van der Waals surface area contributed by atoms with E-state index in [4.69, 9.17) is 15.7 Å². The number of nitrogen functional groups attached to an aromatic ring is 1. The first-order chi connectivity index (χ1) is 7.95. The summed E-state index contributed by atoms with van der Waals surface area (Å²) in [5.74, 6) is 0.205. The predicted molar refractivity (Wildman–Crippen MR) is 56.2 cm³/mol. The first-order valence-corrected chi connectivity index (χ1v) is 4.91. The van der Waals surface area contributed by atoms with Crippen LogP contribution in [0.25, 0.3) is 0 Å². The molecule has 6 heteroatoms. The third kappa shape index (κ3) is 3.87. The SMILES string of the molecule is N#CCCCOc1ccc(C(F)(F)F)cc1N. The second kappa shape index (κ2) is 5.43. The van der Waals surface area contributed by atoms with Crippen molar-refractivity contribution in [1.29, 1.82) is 5.26 Å². The van der Waals surface area contributed by atoms with Gasteiger partial charge in [-0.05, 0) is 24.6 Å². The van der Waals surface area contributed by atoms with E-state index in [2.05, 4.69) is 0 Å². The van der Waals surface area contributed by atoms with Crippen molar-refractivity contribution in [2.45, 2.75) is 19.0 Å². The van der Waals surface area contributed by atoms with Gasteiger partial charge in [-0.2, -0.15) is 18.4 Å². The molecule has 0 aromatic heterocycles. The molecule has 1 aromatic carbocycles. The van der Waals surface area contributed by atoms with Gasteiger partial charge in [0.1, 0.15) is 5.75 Å². The fourth-order valence-corrected chi connectivity index (χ4v) is 1.19. The zero-order chi connectivity index (χ0) is 12.9. The maximum Gasteiger partial charge on any atom is 0.416 e. The maximum absolute atomic E-state index is 12.3. The third-order valence-electron chi connectivity index (χ3n) is 2.03. The first-order valence-electron chi connectivity index (χ1n) is 4.91. The summed E-state index contributed by atoms with van der Waals surface area (Å²) >= 11 is 0. The van der Waals surface area contributed by atoms with Crippen molar-refractivity contribution in [2.75, 3.05) is 12.3 Å². The van der Waals surface area contributed by atoms with Gasteiger partial charge in [-0.15, -0.1) is 0 Å². The molecule has 1 rings (SSSR count). The van der Waals surface area contributed by atoms with E-state index in [1.54, 1.807) is 0 Å². The number of nitrogens with zero attached hydrogens (tertiary/aromatic N) is 1. The Labute approximate surface area is 96.6 Å². The number of rotatable bonds is 4. The van der Waals surface area contributed by atoms with E-state index in [0.29, 0.717) is 12.8 Å². The Hall–Kier alpha value is -1.90. The van der Waals surface area contributed by atoms with Gasteiger partial charge in [0.25, 0.3) is 0 Å². The molecule has 17 heavy (non-hydrogen) atoms. The van der Waals surface area contributed by atoms with Gasteiger partial charge in [0, 0.05) is 6.42 Å². The van der Waals surface area contributed by atoms with E-state index in [9.17, 15) is 13.2 Å². The van der Waals surface area contributed by atoms with Crippen LogP contribution in [0.1, 0.15) is 18.4 Å². The minimum absolute atomic E-state index is 0.0585. The van der Waals surface area contributed by atoms with Crippen LogP contribution >= 0.6 is 0 Å². The molecule has 0 unspecified atom stereocenters. The summed E-state index contributed by atoms with van der Waals surface area (Å²) in [5, 5.41) is 8.29. The molecule has 3 nitrogen and oxygen atoms in total. The molecule has 0 radical (unpaired) electrons. The van der Waals surface area contributed by atoms with Gasteiger partial charge < -0.3 is 10.5 Å². The standard InChI is InChI=1S/C11H11F3N2O/c12-11(13,14)8-3-4-10(9(16)7-8)17-6-2-1-5-15/h3-4,7H,1-2,6,16H2. The van der Waals surface area contributed by atoms with Crippen LogP contribution in [0.3, 0.4) is 0 Å². The molecule has 0 aliphatic rings. The van der Waals surface area contributed by atoms with Gasteiger partial charge in [0.05, 0.1) is 23.9 Å². The average molecular weight is 244 g/mol. The topological polar surface area (TPSA) is 59.0 Å². The number of alkyl halides is 3. The Balaban J connectivity index is 2.68. The van der Waals surface area contributed by atoms with Crippen LogP contribution < -0.4 is 10.5 Å². The molecule has 0 fully saturated rings. The van der Waals surface area contributed by atoms with Crippen LogP contribution in [0.2, 0.25) is 0 Å². The van der Waals surface area contributed by atoms with E-state index < -0.39 is 11.7 Å². The number of ether oxygens (including phenoxy) is 1. The molecule has 92 valence electrons. The van der Waals surface area contributed by atoms with Crippen molar-refractivity contribution in [3.63, 3.8) is 0 Å². The minimum Gasteiger partial charge on any atom is -0.491 e. The van der Waals surface area contributed by atoms with Crippen LogP contribution in [0.15, 0.2) is 18.2 Å². The summed E-state index contributed by atoms with van der Waals surface area (Å²) in [4.78, 5) is 0. The summed E-state index contributed by atoms with van der Waals surface area (Å²) in [6, 6.07) is 4.87. The van der Waals surface area contributed by atoms with E-state index in [1.807, 2.05) is 6.07 Å². The van der Waals surface area contributed by atoms with Gasteiger partial charge >= 0.3 is 6.18 Å². The molecule has 0 heterocycles. The number of anilines is 1. The highest BCUT2D eigenvalue weighted by Gasteiger charge is 2.30. The molecule has 0 spiro atoms. The summed E-state index contributed by atoms with van der Waals surface area (Å²) in [6.45, 7) is 0.253. The molecule has 0 amide bonds. The number of nitrogens with two attached hydrogens (primary N) is 1. The van der Waals surface area contributed by atoms with Gasteiger partial charge in [-0.1, -0.05) is 0 Å². The first kappa shape index (κ1) is 13.2. The van der Waals surface area contributed by atoms with Crippen molar-refractivity contribution in [3.05, 3.63) is 23.8 Å². The Bertz CT molecular complexity index is 424. The van der Waals surface area contributed by atoms with E-state index in [0.717, 1.165) is 12.1 Å². The van der Waals surface area contributed by atoms with Gasteiger partial charge in [-0.25, -0.2) is 0 Å². The predicted octanol–water partition coefficient (Wildman–Crippen LogP) is 2.97. The van der Waals surface area contributed by atoms with Crippen molar-refractivity contribution in [3.8, 4) is 11.8 Å². The molecular weight excluding hydrogens is 233 g/mol. The summed E-state index contributed by atoms with van der Waals surface area (Å²) in [5.41, 5.74) is 4.58. The molecule has 0 bridgehead atoms. The Morgan fingerprint density at radius 1 is 1.35 bits per heavy atom. The van der Waals surface area contributed by atoms with Crippen LogP contribution in [0, 0.1) is 11.3 Å². The van der Waals surface area contributed by atoms with Crippen LogP contribution in [0.4, 0.5) is 18.9 Å². The largest absolute Gasteiger partial charge is 0.491 e. The summed E-state index contributed by atoms with van der Waals surface area (Å²) in [6.07, 6.45) is -3.56. The average Bonchev–Trinajstić information content (AvgIpc) is 2.24. The Kier molecular flexibility index (Phi) is 4.21. The maximum atomic E-state index is 12.3. The summed E-state index contributed by atoms with van der Waals surface area (Å²) < 4.78 is 42.1. The smallest absolute Gasteiger partial charge is 0.416 e. The number of hydrogen-bond donors (Lipinski definition) is 1. The van der Waals surface area contributed by atoms with Gasteiger partial charge in [0.2, 0.25) is 0 Å². The quantitative estimate of drug-likeness (QED) is 0.654. The molecule has 0 saturated heterocycles. The highest BCUT2D eigenvalue weighted by molar-refractivity contribution is 5.54. The van der Waals surface area contributed by atoms with Crippen LogP contribution in [-0.2, 0) is 6.18 Å². The van der Waals surface area contributed by atoms with Crippen molar-refractivity contribution in [1.82, 2.24) is 0 Å². The van der Waals surface area contributed by atoms with Crippen LogP contribution in [0.5, 0.6) is 5.75 Å². The molecule has 0 aliphatic carbocycles. The third-order valence-corrected chi connectivity index (χ3v) is 2.03. The second-order valence-electron chi connectivity index (χ2n) is 3.36. The Morgan fingerprint density at radius 2 is 2.06 bits per heavy atom. The number of halogens is 3. The second-order valence-corrected chi connectivity index (χ2v) is 3.36. The monoisotopic (exact) mass is 244 g/mol. The summed E-state index contributed by atoms with van der Waals surface area (Å²) in [7, 11) is 0. The lowest BCUT2D eigenvalue weighted by Gasteiger charge is -2.11. The lowest BCUT2D eigenvalue weighted by molar-refractivity contribution is -0.137. The molecule has 0 saturated carbocycles. The molecular formula is C11H11F3N2O. The fraction of sp³-hybridized carbons (Fsp3) is 0.364. The zero-order valence-corrected chi connectivity index (χ0v) is 8.92. The molecule has 2 N–H and O–H groups in total. The van der Waals surface area contributed by atoms with Crippen LogP contribution in [-0.4, -0.2) is 6.61 Å². The van der Waals surface area contributed by atoms with E-state index >= 15 is 0 Å². The molecule has 0 aliphatic heterocycles. The molecule has 1 aromatic rings. The number of nitriles is 1. The molecule has 0 atom stereocenters. The lowest BCUT2D eigenvalue weighted by Crippen LogP contribution is -2.07. The fourth-order valence-electron chi connectivity index (χ4n) is 1.19. The van der Waals surface area contributed by atoms with Gasteiger partial charge in [0.15, 0.2) is 0 Å². The Morgan fingerprint density at radius 3 is 2.59 bits per heavy atom. The van der Waals surface area contributed by atoms with Crippen molar-refractivity contribution in [2.24, 2.45) is 0 Å². The van der Waals surface area contributed by atoms with E-state index in [-0.39, 0.29) is 18.0 Å². The normalized spacial score (nSPS) is 10.9. The lowest BCUT2D eigenvalue weighted by atomic mass is 10.2. The van der Waals surface area contributed by atoms with Gasteiger partial charge in [-0.3, -0.25) is 0 Å².